The van der Waals surface area contributed by atoms with Crippen molar-refractivity contribution in [3.05, 3.63) is 118 Å². The van der Waals surface area contributed by atoms with E-state index in [1.54, 1.807) is 24.3 Å². The Morgan fingerprint density at radius 2 is 1.82 bits per heavy atom. The molecule has 1 aliphatic heterocycles. The van der Waals surface area contributed by atoms with Crippen LogP contribution >= 0.6 is 11.6 Å². The number of aryl methyl sites for hydroxylation is 1. The van der Waals surface area contributed by atoms with Gasteiger partial charge >= 0.3 is 5.97 Å². The largest absolute Gasteiger partial charge is 0.477 e. The summed E-state index contributed by atoms with van der Waals surface area (Å²) in [5, 5.41) is 9.71. The van der Waals surface area contributed by atoms with Gasteiger partial charge in [-0.2, -0.15) is 0 Å². The molecule has 4 aromatic rings. The second-order valence-electron chi connectivity index (χ2n) is 10.4. The highest BCUT2D eigenvalue weighted by molar-refractivity contribution is 6.30. The highest BCUT2D eigenvalue weighted by atomic mass is 35.5. The van der Waals surface area contributed by atoms with Crippen molar-refractivity contribution in [1.29, 1.82) is 0 Å². The number of aromatic carboxylic acids is 1. The zero-order valence-electron chi connectivity index (χ0n) is 25.2. The van der Waals surface area contributed by atoms with E-state index in [0.29, 0.717) is 28.7 Å². The first kappa shape index (κ1) is 32.6. The summed E-state index contributed by atoms with van der Waals surface area (Å²) in [7, 11) is 1.90. The van der Waals surface area contributed by atoms with Crippen LogP contribution in [0.1, 0.15) is 53.4 Å². The molecular formula is C35H37ClFN3O4. The maximum absolute atomic E-state index is 14.1. The molecule has 0 spiro atoms. The smallest absolute Gasteiger partial charge is 0.354 e. The molecule has 3 heterocycles. The van der Waals surface area contributed by atoms with Crippen LogP contribution < -0.4 is 9.64 Å². The molecule has 230 valence electrons. The second kappa shape index (κ2) is 16.0. The van der Waals surface area contributed by atoms with Gasteiger partial charge in [-0.05, 0) is 61.6 Å². The first-order valence-electron chi connectivity index (χ1n) is 14.6. The fourth-order valence-electron chi connectivity index (χ4n) is 4.64. The molecule has 1 fully saturated rings. The van der Waals surface area contributed by atoms with E-state index in [0.717, 1.165) is 47.7 Å². The molecule has 1 aliphatic rings. The zero-order valence-corrected chi connectivity index (χ0v) is 26.0. The van der Waals surface area contributed by atoms with E-state index < -0.39 is 11.8 Å². The average molecular weight is 618 g/mol. The monoisotopic (exact) mass is 617 g/mol. The van der Waals surface area contributed by atoms with Gasteiger partial charge in [0.1, 0.15) is 18.2 Å². The zero-order chi connectivity index (χ0) is 31.5. The van der Waals surface area contributed by atoms with E-state index in [4.69, 9.17) is 21.1 Å². The van der Waals surface area contributed by atoms with Gasteiger partial charge in [-0.3, -0.25) is 0 Å². The van der Waals surface area contributed by atoms with Crippen LogP contribution in [0.25, 0.3) is 11.3 Å². The fourth-order valence-corrected chi connectivity index (χ4v) is 4.79. The van der Waals surface area contributed by atoms with Crippen LogP contribution in [0.4, 0.5) is 10.2 Å². The number of carboxylic acids is 1. The maximum Gasteiger partial charge on any atom is 0.354 e. The molecule has 0 bridgehead atoms. The average Bonchev–Trinajstić information content (AvgIpc) is 3.61. The molecule has 1 N–H and O–H groups in total. The molecule has 0 radical (unpaired) electrons. The van der Waals surface area contributed by atoms with Crippen LogP contribution in [0.3, 0.4) is 0 Å². The Morgan fingerprint density at radius 1 is 1.07 bits per heavy atom. The number of halogens is 2. The number of pyridine rings is 2. The highest BCUT2D eigenvalue weighted by Crippen LogP contribution is 2.26. The minimum absolute atomic E-state index is 0.0136. The van der Waals surface area contributed by atoms with Gasteiger partial charge in [0.25, 0.3) is 0 Å². The van der Waals surface area contributed by atoms with Gasteiger partial charge in [0, 0.05) is 54.6 Å². The molecular weight excluding hydrogens is 581 g/mol. The van der Waals surface area contributed by atoms with E-state index in [1.807, 2.05) is 55.3 Å². The fraction of sp³-hybridized carbons (Fsp3) is 0.286. The molecule has 0 atom stereocenters. The predicted molar refractivity (Wildman–Crippen MR) is 172 cm³/mol. The Kier molecular flexibility index (Phi) is 11.9. The number of nitrogens with zero attached hydrogens (tertiary/aromatic N) is 3. The molecule has 2 aromatic heterocycles. The number of hydrogen-bond donors (Lipinski definition) is 1. The van der Waals surface area contributed by atoms with Crippen LogP contribution in [-0.4, -0.2) is 41.3 Å². The number of anilines is 1. The minimum Gasteiger partial charge on any atom is -0.477 e. The van der Waals surface area contributed by atoms with Crippen molar-refractivity contribution in [2.75, 3.05) is 25.2 Å². The molecule has 44 heavy (non-hydrogen) atoms. The number of likely N-dealkylation sites (N-methyl/N-ethyl adjacent to an activating group) is 1. The molecule has 1 saturated heterocycles. The molecule has 5 rings (SSSR count). The number of allylic oxidation sites excluding steroid dienone is 2. The lowest BCUT2D eigenvalue weighted by Crippen LogP contribution is -2.21. The standard InChI is InChI=1S/C31H29ClFN3O3.C4H8O/c1-4-6-25(36(3)30-20(2)9-16-28(35-30)31(37)38)17-21-10-12-22(13-11-21)27-7-5-8-29(34-27)39-19-23-14-15-24(32)18-26(23)33;1-2-4-5-3-1/h5-16,18H,4,17,19H2,1-3H3,(H,37,38);1-4H2/b25-6+;. The van der Waals surface area contributed by atoms with E-state index in [-0.39, 0.29) is 12.3 Å². The Morgan fingerprint density at radius 3 is 2.45 bits per heavy atom. The third-order valence-corrected chi connectivity index (χ3v) is 7.29. The van der Waals surface area contributed by atoms with Crippen molar-refractivity contribution in [2.24, 2.45) is 0 Å². The van der Waals surface area contributed by atoms with Crippen molar-refractivity contribution in [2.45, 2.75) is 46.1 Å². The Labute approximate surface area is 263 Å². The summed E-state index contributed by atoms with van der Waals surface area (Å²) in [6, 6.07) is 21.3. The van der Waals surface area contributed by atoms with Gasteiger partial charge < -0.3 is 19.5 Å². The Balaban J connectivity index is 0.000000802. The van der Waals surface area contributed by atoms with Gasteiger partial charge in [0.2, 0.25) is 5.88 Å². The number of carboxylic acid groups (broad SMARTS) is 1. The van der Waals surface area contributed by atoms with Gasteiger partial charge in [-0.1, -0.05) is 67.1 Å². The lowest BCUT2D eigenvalue weighted by atomic mass is 10.0. The lowest BCUT2D eigenvalue weighted by molar-refractivity contribution is 0.0690. The lowest BCUT2D eigenvalue weighted by Gasteiger charge is -2.24. The van der Waals surface area contributed by atoms with Crippen LogP contribution in [0, 0.1) is 12.7 Å². The van der Waals surface area contributed by atoms with Crippen molar-refractivity contribution in [3.8, 4) is 17.1 Å². The van der Waals surface area contributed by atoms with Crippen LogP contribution in [0.5, 0.6) is 5.88 Å². The number of rotatable bonds is 10. The van der Waals surface area contributed by atoms with Crippen molar-refractivity contribution in [1.82, 2.24) is 9.97 Å². The minimum atomic E-state index is -1.05. The van der Waals surface area contributed by atoms with Crippen LogP contribution in [0.2, 0.25) is 5.02 Å². The number of hydrogen-bond acceptors (Lipinski definition) is 6. The SMILES string of the molecule is C1CCOC1.CC/C=C(\Cc1ccc(-c2cccc(OCc3ccc(Cl)cc3F)n2)cc1)N(C)c1nc(C(=O)O)ccc1C. The Bertz CT molecular complexity index is 1580. The first-order valence-corrected chi connectivity index (χ1v) is 15.0. The third-order valence-electron chi connectivity index (χ3n) is 7.05. The van der Waals surface area contributed by atoms with Crippen LogP contribution in [-0.2, 0) is 17.8 Å². The van der Waals surface area contributed by atoms with E-state index >= 15 is 0 Å². The molecule has 2 aromatic carbocycles. The molecule has 0 amide bonds. The second-order valence-corrected chi connectivity index (χ2v) is 10.8. The number of ether oxygens (including phenoxy) is 2. The van der Waals surface area contributed by atoms with Gasteiger partial charge in [0.05, 0.1) is 5.69 Å². The van der Waals surface area contributed by atoms with E-state index in [2.05, 4.69) is 23.0 Å². The normalized spacial score (nSPS) is 12.8. The summed E-state index contributed by atoms with van der Waals surface area (Å²) in [5.41, 5.74) is 5.07. The van der Waals surface area contributed by atoms with E-state index in [9.17, 15) is 14.3 Å². The molecule has 9 heteroatoms. The summed E-state index contributed by atoms with van der Waals surface area (Å²) in [6.07, 6.45) is 6.15. The van der Waals surface area contributed by atoms with Gasteiger partial charge in [-0.15, -0.1) is 0 Å². The van der Waals surface area contributed by atoms with Gasteiger partial charge in [0.15, 0.2) is 5.69 Å². The molecule has 0 aliphatic carbocycles. The topological polar surface area (TPSA) is 84.8 Å². The predicted octanol–water partition coefficient (Wildman–Crippen LogP) is 8.29. The summed E-state index contributed by atoms with van der Waals surface area (Å²) in [5.74, 6) is -0.462. The van der Waals surface area contributed by atoms with Crippen molar-refractivity contribution in [3.63, 3.8) is 0 Å². The molecule has 0 unspecified atom stereocenters. The van der Waals surface area contributed by atoms with Crippen molar-refractivity contribution >= 4 is 23.4 Å². The first-order chi connectivity index (χ1) is 21.2. The Hall–Kier alpha value is -4.27. The summed E-state index contributed by atoms with van der Waals surface area (Å²) in [4.78, 5) is 22.3. The summed E-state index contributed by atoms with van der Waals surface area (Å²) >= 11 is 5.82. The van der Waals surface area contributed by atoms with E-state index in [1.165, 1.54) is 25.0 Å². The third kappa shape index (κ3) is 9.11. The number of benzene rings is 2. The maximum atomic E-state index is 14.1. The molecule has 7 nitrogen and oxygen atoms in total. The molecule has 0 saturated carbocycles. The number of aromatic nitrogens is 2. The summed E-state index contributed by atoms with van der Waals surface area (Å²) < 4.78 is 24.7. The van der Waals surface area contributed by atoms with Gasteiger partial charge in [-0.25, -0.2) is 19.2 Å². The highest BCUT2D eigenvalue weighted by Gasteiger charge is 2.15. The van der Waals surface area contributed by atoms with Crippen molar-refractivity contribution < 1.29 is 23.8 Å². The van der Waals surface area contributed by atoms with Crippen LogP contribution in [0.15, 0.2) is 84.6 Å². The number of carbonyl (C=O) groups is 1. The summed E-state index contributed by atoms with van der Waals surface area (Å²) in [6.45, 7) is 6.02. The quantitative estimate of drug-likeness (QED) is 0.192.